The van der Waals surface area contributed by atoms with Crippen molar-refractivity contribution in [3.05, 3.63) is 47.9 Å². The molecule has 0 radical (unpaired) electrons. The van der Waals surface area contributed by atoms with Crippen molar-refractivity contribution < 1.29 is 26.0 Å². The molecule has 0 aliphatic rings. The second kappa shape index (κ2) is 8.28. The fourth-order valence-electron chi connectivity index (χ4n) is 3.20. The Balaban J connectivity index is 2.09. The van der Waals surface area contributed by atoms with Crippen LogP contribution in [0.2, 0.25) is 0 Å². The van der Waals surface area contributed by atoms with Crippen LogP contribution >= 0.6 is 0 Å². The van der Waals surface area contributed by atoms with E-state index < -0.39 is 33.0 Å². The number of halogens is 4. The van der Waals surface area contributed by atoms with Crippen molar-refractivity contribution in [1.82, 2.24) is 14.3 Å². The van der Waals surface area contributed by atoms with E-state index in [1.54, 1.807) is 9.29 Å². The average molecular weight is 454 g/mol. The van der Waals surface area contributed by atoms with Crippen molar-refractivity contribution >= 4 is 20.9 Å². The molecule has 3 rings (SSSR count). The number of benzene rings is 1. The van der Waals surface area contributed by atoms with E-state index in [0.29, 0.717) is 36.5 Å². The van der Waals surface area contributed by atoms with Gasteiger partial charge in [0.25, 0.3) is 0 Å². The Morgan fingerprint density at radius 1 is 1.26 bits per heavy atom. The Bertz CT molecular complexity index is 1260. The first-order valence-electron chi connectivity index (χ1n) is 9.27. The lowest BCUT2D eigenvalue weighted by Crippen LogP contribution is -2.42. The highest BCUT2D eigenvalue weighted by Gasteiger charge is 2.39. The Hall–Kier alpha value is -2.97. The molecule has 2 aromatic heterocycles. The number of nitrogens with zero attached hydrogens (tertiary/aromatic N) is 3. The third kappa shape index (κ3) is 4.40. The molecule has 0 saturated carbocycles. The summed E-state index contributed by atoms with van der Waals surface area (Å²) in [5, 5.41) is 10.2. The number of pyridine rings is 1. The maximum Gasteiger partial charge on any atom is 0.404 e. The number of fused-ring (bicyclic) bond motifs is 1. The van der Waals surface area contributed by atoms with Gasteiger partial charge < -0.3 is 4.57 Å². The van der Waals surface area contributed by atoms with Gasteiger partial charge in [-0.2, -0.15) is 23.2 Å². The van der Waals surface area contributed by atoms with Gasteiger partial charge in [-0.05, 0) is 43.7 Å². The van der Waals surface area contributed by atoms with Crippen LogP contribution in [0.25, 0.3) is 22.3 Å². The van der Waals surface area contributed by atoms with Crippen molar-refractivity contribution in [1.29, 1.82) is 5.26 Å². The summed E-state index contributed by atoms with van der Waals surface area (Å²) in [6.45, 7) is 3.04. The fourth-order valence-corrected chi connectivity index (χ4v) is 4.38. The van der Waals surface area contributed by atoms with Crippen LogP contribution in [0.1, 0.15) is 25.8 Å². The van der Waals surface area contributed by atoms with Crippen molar-refractivity contribution in [2.24, 2.45) is 0 Å². The number of hydrogen-bond donors (Lipinski definition) is 1. The number of alkyl halides is 3. The SMILES string of the molecule is CCCn1c(-c2ccc(S(=O)(=O)N[C@H](C)C(F)(F)F)cn2)c(C#N)c2ccc(F)cc21. The molecule has 6 nitrogen and oxygen atoms in total. The summed E-state index contributed by atoms with van der Waals surface area (Å²) < 4.78 is 79.7. The maximum absolute atomic E-state index is 13.8. The van der Waals surface area contributed by atoms with E-state index in [1.807, 2.05) is 6.92 Å². The zero-order chi connectivity index (χ0) is 23.0. The van der Waals surface area contributed by atoms with Crippen LogP contribution in [0.4, 0.5) is 17.6 Å². The monoisotopic (exact) mass is 454 g/mol. The number of nitrogens with one attached hydrogen (secondary N) is 1. The van der Waals surface area contributed by atoms with Crippen molar-refractivity contribution in [3.8, 4) is 17.5 Å². The van der Waals surface area contributed by atoms with Gasteiger partial charge in [-0.25, -0.2) is 12.8 Å². The third-order valence-corrected chi connectivity index (χ3v) is 6.22. The number of sulfonamides is 1. The van der Waals surface area contributed by atoms with E-state index >= 15 is 0 Å². The smallest absolute Gasteiger partial charge is 0.338 e. The van der Waals surface area contributed by atoms with Crippen LogP contribution in [0.5, 0.6) is 0 Å². The zero-order valence-electron chi connectivity index (χ0n) is 16.5. The third-order valence-electron chi connectivity index (χ3n) is 4.70. The van der Waals surface area contributed by atoms with Gasteiger partial charge in [-0.1, -0.05) is 6.92 Å². The van der Waals surface area contributed by atoms with Gasteiger partial charge in [-0.3, -0.25) is 4.98 Å². The molecule has 2 heterocycles. The molecule has 1 N–H and O–H groups in total. The van der Waals surface area contributed by atoms with Gasteiger partial charge in [-0.15, -0.1) is 0 Å². The van der Waals surface area contributed by atoms with E-state index in [2.05, 4.69) is 11.1 Å². The molecule has 0 spiro atoms. The summed E-state index contributed by atoms with van der Waals surface area (Å²) in [4.78, 5) is 3.64. The van der Waals surface area contributed by atoms with Gasteiger partial charge in [0, 0.05) is 18.1 Å². The summed E-state index contributed by atoms with van der Waals surface area (Å²) in [6.07, 6.45) is -3.14. The number of rotatable bonds is 6. The molecular formula is C20H18F4N4O2S. The molecule has 0 unspecified atom stereocenters. The number of nitriles is 1. The van der Waals surface area contributed by atoms with Gasteiger partial charge in [0.05, 0.1) is 22.5 Å². The summed E-state index contributed by atoms with van der Waals surface area (Å²) in [5.41, 5.74) is 1.36. The lowest BCUT2D eigenvalue weighted by atomic mass is 10.1. The van der Waals surface area contributed by atoms with Crippen LogP contribution in [-0.2, 0) is 16.6 Å². The minimum Gasteiger partial charge on any atom is -0.338 e. The molecule has 11 heteroatoms. The highest BCUT2D eigenvalue weighted by atomic mass is 32.2. The number of aromatic nitrogens is 2. The van der Waals surface area contributed by atoms with Gasteiger partial charge in [0.1, 0.15) is 22.8 Å². The molecule has 31 heavy (non-hydrogen) atoms. The van der Waals surface area contributed by atoms with Crippen LogP contribution in [-0.4, -0.2) is 30.2 Å². The minimum atomic E-state index is -4.74. The topological polar surface area (TPSA) is 87.8 Å². The predicted molar refractivity (Wildman–Crippen MR) is 106 cm³/mol. The molecule has 1 aromatic carbocycles. The second-order valence-electron chi connectivity index (χ2n) is 6.91. The Morgan fingerprint density at radius 3 is 2.52 bits per heavy atom. The highest BCUT2D eigenvalue weighted by molar-refractivity contribution is 7.89. The highest BCUT2D eigenvalue weighted by Crippen LogP contribution is 2.33. The molecule has 3 aromatic rings. The van der Waals surface area contributed by atoms with Gasteiger partial charge in [0.15, 0.2) is 0 Å². The van der Waals surface area contributed by atoms with Crippen molar-refractivity contribution in [2.45, 2.75) is 43.9 Å². The van der Waals surface area contributed by atoms with E-state index in [1.165, 1.54) is 24.3 Å². The van der Waals surface area contributed by atoms with Gasteiger partial charge >= 0.3 is 6.18 Å². The van der Waals surface area contributed by atoms with Crippen LogP contribution in [0.15, 0.2) is 41.4 Å². The molecule has 1 atom stereocenters. The number of aryl methyl sites for hydroxylation is 1. The summed E-state index contributed by atoms with van der Waals surface area (Å²) >= 11 is 0. The normalized spacial score (nSPS) is 13.3. The fraction of sp³-hybridized carbons (Fsp3) is 0.300. The second-order valence-corrected chi connectivity index (χ2v) is 8.63. The molecule has 0 aliphatic carbocycles. The Morgan fingerprint density at radius 2 is 1.97 bits per heavy atom. The number of hydrogen-bond acceptors (Lipinski definition) is 4. The quantitative estimate of drug-likeness (QED) is 0.561. The lowest BCUT2D eigenvalue weighted by Gasteiger charge is -2.17. The van der Waals surface area contributed by atoms with Crippen LogP contribution < -0.4 is 4.72 Å². The average Bonchev–Trinajstić information content (AvgIpc) is 3.00. The molecule has 0 amide bonds. The van der Waals surface area contributed by atoms with Crippen molar-refractivity contribution in [3.63, 3.8) is 0 Å². The molecular weight excluding hydrogens is 436 g/mol. The molecule has 164 valence electrons. The first-order chi connectivity index (χ1) is 14.5. The van der Waals surface area contributed by atoms with E-state index in [4.69, 9.17) is 0 Å². The molecule has 0 aliphatic heterocycles. The minimum absolute atomic E-state index is 0.240. The summed E-state index contributed by atoms with van der Waals surface area (Å²) in [5.74, 6) is -0.474. The van der Waals surface area contributed by atoms with E-state index in [-0.39, 0.29) is 11.3 Å². The maximum atomic E-state index is 13.8. The van der Waals surface area contributed by atoms with Gasteiger partial charge in [0.2, 0.25) is 10.0 Å². The summed E-state index contributed by atoms with van der Waals surface area (Å²) in [6, 6.07) is 6.26. The first kappa shape index (κ1) is 22.7. The van der Waals surface area contributed by atoms with E-state index in [9.17, 15) is 31.2 Å². The standard InChI is InChI=1S/C20H18F4N4O2S/c1-3-8-28-18-9-13(21)4-6-15(18)16(10-25)19(28)17-7-5-14(11-26-17)31(29,30)27-12(2)20(22,23)24/h4-7,9,11-12,27H,3,8H2,1-2H3/t12-/m1/s1. The Labute approximate surface area is 176 Å². The molecule has 0 fully saturated rings. The van der Waals surface area contributed by atoms with Crippen molar-refractivity contribution in [2.75, 3.05) is 0 Å². The molecule has 0 bridgehead atoms. The lowest BCUT2D eigenvalue weighted by molar-refractivity contribution is -0.147. The predicted octanol–water partition coefficient (Wildman–Crippen LogP) is 4.35. The van der Waals surface area contributed by atoms with E-state index in [0.717, 1.165) is 12.3 Å². The van der Waals surface area contributed by atoms with Crippen LogP contribution in [0.3, 0.4) is 0 Å². The molecule has 0 saturated heterocycles. The Kier molecular flexibility index (Phi) is 6.07. The van der Waals surface area contributed by atoms with Crippen LogP contribution in [0, 0.1) is 17.1 Å². The zero-order valence-corrected chi connectivity index (χ0v) is 17.4. The largest absolute Gasteiger partial charge is 0.404 e. The summed E-state index contributed by atoms with van der Waals surface area (Å²) in [7, 11) is -4.46. The first-order valence-corrected chi connectivity index (χ1v) is 10.7.